The van der Waals surface area contributed by atoms with Crippen molar-refractivity contribution in [2.45, 2.75) is 31.8 Å². The van der Waals surface area contributed by atoms with Crippen LogP contribution in [0.1, 0.15) is 35.7 Å². The van der Waals surface area contributed by atoms with Crippen LogP contribution in [-0.2, 0) is 15.5 Å². The Labute approximate surface area is 181 Å². The largest absolute Gasteiger partial charge is 0.397 e. The molecule has 3 atom stereocenters. The maximum atomic E-state index is 12.7. The Hall–Kier alpha value is -2.40. The van der Waals surface area contributed by atoms with E-state index in [1.807, 2.05) is 60.0 Å². The van der Waals surface area contributed by atoms with Crippen molar-refractivity contribution in [1.29, 1.82) is 0 Å². The molecule has 3 N–H and O–H groups in total. The summed E-state index contributed by atoms with van der Waals surface area (Å²) in [5, 5.41) is 4.94. The molecule has 1 saturated carbocycles. The van der Waals surface area contributed by atoms with Crippen LogP contribution in [0.4, 0.5) is 11.4 Å². The minimum Gasteiger partial charge on any atom is -0.397 e. The summed E-state index contributed by atoms with van der Waals surface area (Å²) >= 11 is 1.64. The highest BCUT2D eigenvalue weighted by Gasteiger charge is 2.54. The standard InChI is InChI=1S/C23H25N2O3PS/c1-2-18-14-23(18,28-29-27)13-15-5-7-16(8-6-15)22(26)25-20-12-17(9-10-19(20)24)21-4-3-11-30-21/h3-12,18H,2,13-14,24,29H2,1H3,(H,25,26). The van der Waals surface area contributed by atoms with Gasteiger partial charge in [0.2, 0.25) is 0 Å². The van der Waals surface area contributed by atoms with E-state index in [1.165, 1.54) is 0 Å². The number of rotatable bonds is 8. The lowest BCUT2D eigenvalue weighted by molar-refractivity contribution is 0.102. The van der Waals surface area contributed by atoms with Crippen LogP contribution < -0.4 is 11.1 Å². The molecule has 0 radical (unpaired) electrons. The molecule has 3 aromatic rings. The molecular formula is C23H25N2O3PS. The number of nitrogens with one attached hydrogen (secondary N) is 1. The summed E-state index contributed by atoms with van der Waals surface area (Å²) in [7, 11) is -1.22. The Balaban J connectivity index is 1.46. The number of nitrogen functional groups attached to an aromatic ring is 1. The number of thiophene rings is 1. The van der Waals surface area contributed by atoms with Crippen LogP contribution in [0.25, 0.3) is 10.4 Å². The summed E-state index contributed by atoms with van der Waals surface area (Å²) < 4.78 is 16.7. The third kappa shape index (κ3) is 4.36. The van der Waals surface area contributed by atoms with Gasteiger partial charge in [-0.2, -0.15) is 0 Å². The molecule has 3 unspecified atom stereocenters. The van der Waals surface area contributed by atoms with E-state index in [9.17, 15) is 9.36 Å². The van der Waals surface area contributed by atoms with E-state index in [1.54, 1.807) is 11.3 Å². The summed E-state index contributed by atoms with van der Waals surface area (Å²) in [4.78, 5) is 13.9. The maximum Gasteiger partial charge on any atom is 0.255 e. The minimum atomic E-state index is -1.22. The van der Waals surface area contributed by atoms with Gasteiger partial charge in [0.15, 0.2) is 8.69 Å². The van der Waals surface area contributed by atoms with Crippen LogP contribution in [-0.4, -0.2) is 11.5 Å². The molecule has 0 saturated heterocycles. The van der Waals surface area contributed by atoms with Gasteiger partial charge in [-0.1, -0.05) is 37.6 Å². The van der Waals surface area contributed by atoms with Crippen molar-refractivity contribution < 1.29 is 13.9 Å². The van der Waals surface area contributed by atoms with E-state index in [0.717, 1.165) is 35.3 Å². The molecule has 1 aliphatic carbocycles. The topological polar surface area (TPSA) is 81.4 Å². The van der Waals surface area contributed by atoms with Gasteiger partial charge in [0.1, 0.15) is 0 Å². The van der Waals surface area contributed by atoms with Crippen LogP contribution in [0.3, 0.4) is 0 Å². The fourth-order valence-electron chi connectivity index (χ4n) is 3.95. The Kier molecular flexibility index (Phi) is 6.09. The van der Waals surface area contributed by atoms with Crippen molar-refractivity contribution in [2.24, 2.45) is 5.92 Å². The Morgan fingerprint density at radius 2 is 2.07 bits per heavy atom. The number of hydrogen-bond donors (Lipinski definition) is 2. The predicted octanol–water partition coefficient (Wildman–Crippen LogP) is 5.65. The average Bonchev–Trinajstić information content (AvgIpc) is 3.15. The first kappa shape index (κ1) is 20.9. The molecule has 1 fully saturated rings. The highest BCUT2D eigenvalue weighted by Crippen LogP contribution is 2.52. The van der Waals surface area contributed by atoms with Crippen molar-refractivity contribution in [1.82, 2.24) is 0 Å². The zero-order valence-electron chi connectivity index (χ0n) is 16.8. The molecule has 1 heterocycles. The monoisotopic (exact) mass is 440 g/mol. The molecule has 156 valence electrons. The number of nitrogens with two attached hydrogens (primary N) is 1. The van der Waals surface area contributed by atoms with Crippen molar-refractivity contribution >= 4 is 37.3 Å². The minimum absolute atomic E-state index is 0.204. The van der Waals surface area contributed by atoms with Crippen molar-refractivity contribution in [2.75, 3.05) is 11.1 Å². The van der Waals surface area contributed by atoms with Crippen molar-refractivity contribution in [3.05, 3.63) is 71.1 Å². The van der Waals surface area contributed by atoms with E-state index in [2.05, 4.69) is 12.2 Å². The van der Waals surface area contributed by atoms with Gasteiger partial charge in [-0.3, -0.25) is 9.36 Å². The van der Waals surface area contributed by atoms with Gasteiger partial charge in [0, 0.05) is 16.9 Å². The first-order valence-electron chi connectivity index (χ1n) is 10.00. The zero-order valence-corrected chi connectivity index (χ0v) is 18.7. The number of amides is 1. The van der Waals surface area contributed by atoms with Crippen LogP contribution in [0.5, 0.6) is 0 Å². The van der Waals surface area contributed by atoms with Gasteiger partial charge in [-0.05, 0) is 59.2 Å². The molecule has 1 aromatic heterocycles. The van der Waals surface area contributed by atoms with Gasteiger partial charge in [0.05, 0.1) is 17.0 Å². The third-order valence-corrected chi connectivity index (χ3v) is 7.26. The average molecular weight is 441 g/mol. The zero-order chi connectivity index (χ0) is 21.1. The molecule has 0 bridgehead atoms. The van der Waals surface area contributed by atoms with Crippen molar-refractivity contribution in [3.63, 3.8) is 0 Å². The second-order valence-electron chi connectivity index (χ2n) is 7.70. The lowest BCUT2D eigenvalue weighted by Gasteiger charge is -2.15. The van der Waals surface area contributed by atoms with Crippen molar-refractivity contribution in [3.8, 4) is 10.4 Å². The smallest absolute Gasteiger partial charge is 0.255 e. The molecule has 7 heteroatoms. The molecule has 1 amide bonds. The molecule has 5 nitrogen and oxygen atoms in total. The van der Waals surface area contributed by atoms with E-state index >= 15 is 0 Å². The maximum absolute atomic E-state index is 12.7. The number of anilines is 2. The fourth-order valence-corrected chi connectivity index (χ4v) is 5.24. The van der Waals surface area contributed by atoms with Crippen LogP contribution >= 0.6 is 20.0 Å². The van der Waals surface area contributed by atoms with Crippen LogP contribution in [0.15, 0.2) is 60.0 Å². The van der Waals surface area contributed by atoms with E-state index < -0.39 is 8.69 Å². The van der Waals surface area contributed by atoms with Gasteiger partial charge in [0.25, 0.3) is 5.91 Å². The molecule has 0 aliphatic heterocycles. The lowest BCUT2D eigenvalue weighted by atomic mass is 10.0. The fraction of sp³-hybridized carbons (Fsp3) is 0.261. The van der Waals surface area contributed by atoms with E-state index in [0.29, 0.717) is 22.9 Å². The van der Waals surface area contributed by atoms with Gasteiger partial charge in [-0.15, -0.1) is 11.3 Å². The van der Waals surface area contributed by atoms with E-state index in [4.69, 9.17) is 10.3 Å². The number of hydrogen-bond acceptors (Lipinski definition) is 5. The van der Waals surface area contributed by atoms with Crippen LogP contribution in [0, 0.1) is 5.92 Å². The molecule has 2 aromatic carbocycles. The lowest BCUT2D eigenvalue weighted by Crippen LogP contribution is -2.17. The highest BCUT2D eigenvalue weighted by atomic mass is 32.1. The molecule has 0 spiro atoms. The first-order valence-corrected chi connectivity index (χ1v) is 11.8. The predicted molar refractivity (Wildman–Crippen MR) is 125 cm³/mol. The Morgan fingerprint density at radius 3 is 2.70 bits per heavy atom. The summed E-state index contributed by atoms with van der Waals surface area (Å²) in [6.07, 6.45) is 2.69. The van der Waals surface area contributed by atoms with Crippen LogP contribution in [0.2, 0.25) is 0 Å². The number of benzene rings is 2. The molecule has 30 heavy (non-hydrogen) atoms. The van der Waals surface area contributed by atoms with Gasteiger partial charge >= 0.3 is 0 Å². The van der Waals surface area contributed by atoms with Gasteiger partial charge in [-0.25, -0.2) is 0 Å². The highest BCUT2D eigenvalue weighted by molar-refractivity contribution is 7.17. The summed E-state index contributed by atoms with van der Waals surface area (Å²) in [5.74, 6) is 0.255. The molecule has 4 rings (SSSR count). The quantitative estimate of drug-likeness (QED) is 0.350. The Bertz CT molecular complexity index is 1050. The van der Waals surface area contributed by atoms with Gasteiger partial charge < -0.3 is 15.6 Å². The summed E-state index contributed by atoms with van der Waals surface area (Å²) in [6, 6.07) is 17.2. The van der Waals surface area contributed by atoms with E-state index in [-0.39, 0.29) is 11.5 Å². The summed E-state index contributed by atoms with van der Waals surface area (Å²) in [6.45, 7) is 2.13. The first-order chi connectivity index (χ1) is 14.5. The molecule has 1 aliphatic rings. The SMILES string of the molecule is CCC1CC1(Cc1ccc(C(=O)Nc2cc(-c3cccs3)ccc2N)cc1)O[PH2]=O. The molecular weight excluding hydrogens is 415 g/mol. The second-order valence-corrected chi connectivity index (χ2v) is 9.07. The second kappa shape index (κ2) is 8.76. The number of carbonyl (C=O) groups is 1. The number of carbonyl (C=O) groups excluding carboxylic acids is 1. The normalized spacial score (nSPS) is 20.5. The third-order valence-electron chi connectivity index (χ3n) is 5.78. The summed E-state index contributed by atoms with van der Waals surface area (Å²) in [5.41, 5.74) is 9.58. The Morgan fingerprint density at radius 1 is 1.27 bits per heavy atom.